The van der Waals surface area contributed by atoms with E-state index >= 15 is 0 Å². The van der Waals surface area contributed by atoms with E-state index in [1.165, 1.54) is 0 Å². The van der Waals surface area contributed by atoms with Crippen LogP contribution in [-0.4, -0.2) is 75.4 Å². The molecule has 18 heavy (non-hydrogen) atoms. The van der Waals surface area contributed by atoms with Crippen LogP contribution in [0.25, 0.3) is 0 Å². The lowest BCUT2D eigenvalue weighted by atomic mass is 10.0. The Hall–Kier alpha value is -1.10. The zero-order valence-electron chi connectivity index (χ0n) is 9.47. The second-order valence-electron chi connectivity index (χ2n) is 3.50. The van der Waals surface area contributed by atoms with Crippen molar-refractivity contribution in [2.24, 2.45) is 0 Å². The molecule has 0 aliphatic rings. The summed E-state index contributed by atoms with van der Waals surface area (Å²) < 4.78 is 0. The number of aliphatic carboxylic acids is 1. The summed E-state index contributed by atoms with van der Waals surface area (Å²) in [6.45, 7) is -1.03. The first kappa shape index (κ1) is 16.9. The number of carbonyl (C=O) groups is 2. The van der Waals surface area contributed by atoms with Crippen molar-refractivity contribution in [3.8, 4) is 0 Å². The molecule has 0 rings (SSSR count). The van der Waals surface area contributed by atoms with Gasteiger partial charge in [0, 0.05) is 0 Å². The van der Waals surface area contributed by atoms with Gasteiger partial charge in [0.05, 0.1) is 19.6 Å². The van der Waals surface area contributed by atoms with Crippen LogP contribution in [0.15, 0.2) is 0 Å². The van der Waals surface area contributed by atoms with Crippen molar-refractivity contribution in [2.45, 2.75) is 30.8 Å². The molecule has 6 N–H and O–H groups in total. The average molecular weight is 267 g/mol. The number of rotatable bonds is 10. The van der Waals surface area contributed by atoms with Gasteiger partial charge in [0.15, 0.2) is 0 Å². The molecule has 9 nitrogen and oxygen atoms in total. The molecule has 0 bridgehead atoms. The lowest BCUT2D eigenvalue weighted by Crippen LogP contribution is -2.52. The predicted molar refractivity (Wildman–Crippen MR) is 56.3 cm³/mol. The third-order valence-electron chi connectivity index (χ3n) is 2.08. The summed E-state index contributed by atoms with van der Waals surface area (Å²) in [7, 11) is 0. The Kier molecular flexibility index (Phi) is 8.37. The molecular formula is C9H17NO8. The molecule has 0 aromatic heterocycles. The van der Waals surface area contributed by atoms with Crippen molar-refractivity contribution in [1.29, 1.82) is 0 Å². The molecule has 106 valence electrons. The fourth-order valence-electron chi connectivity index (χ4n) is 1.02. The number of aldehydes is 1. The molecule has 0 aliphatic heterocycles. The van der Waals surface area contributed by atoms with E-state index in [0.717, 1.165) is 0 Å². The summed E-state index contributed by atoms with van der Waals surface area (Å²) in [6.07, 6.45) is -5.16. The SMILES string of the molecule is O=C[C@H](NOCCC(=O)O)[C@@H](O)[C@H](O)[C@H](O)CO. The maximum Gasteiger partial charge on any atom is 0.305 e. The molecule has 0 fully saturated rings. The number of hydroxylamine groups is 1. The fraction of sp³-hybridized carbons (Fsp3) is 0.778. The number of nitrogens with one attached hydrogen (secondary N) is 1. The maximum absolute atomic E-state index is 10.6. The van der Waals surface area contributed by atoms with Crippen LogP contribution in [0, 0.1) is 0 Å². The Morgan fingerprint density at radius 2 is 1.89 bits per heavy atom. The van der Waals surface area contributed by atoms with Gasteiger partial charge in [-0.15, -0.1) is 0 Å². The molecule has 0 heterocycles. The Morgan fingerprint density at radius 1 is 1.28 bits per heavy atom. The van der Waals surface area contributed by atoms with E-state index in [4.69, 9.17) is 15.3 Å². The van der Waals surface area contributed by atoms with Crippen molar-refractivity contribution in [1.82, 2.24) is 5.48 Å². The van der Waals surface area contributed by atoms with Crippen LogP contribution < -0.4 is 5.48 Å². The molecule has 9 heteroatoms. The molecule has 0 aliphatic carbocycles. The predicted octanol–water partition coefficient (Wildman–Crippen LogP) is -3.38. The van der Waals surface area contributed by atoms with Gasteiger partial charge in [-0.05, 0) is 0 Å². The average Bonchev–Trinajstić information content (AvgIpc) is 2.36. The summed E-state index contributed by atoms with van der Waals surface area (Å²) in [6, 6.07) is -1.37. The van der Waals surface area contributed by atoms with Gasteiger partial charge < -0.3 is 35.2 Å². The fourth-order valence-corrected chi connectivity index (χ4v) is 1.02. The van der Waals surface area contributed by atoms with Gasteiger partial charge in [0.1, 0.15) is 30.6 Å². The third-order valence-corrected chi connectivity index (χ3v) is 2.08. The number of hydrogen-bond donors (Lipinski definition) is 6. The second-order valence-corrected chi connectivity index (χ2v) is 3.50. The second kappa shape index (κ2) is 8.91. The summed E-state index contributed by atoms with van der Waals surface area (Å²) >= 11 is 0. The number of aliphatic hydroxyl groups is 4. The highest BCUT2D eigenvalue weighted by atomic mass is 16.6. The van der Waals surface area contributed by atoms with Crippen LogP contribution in [0.5, 0.6) is 0 Å². The van der Waals surface area contributed by atoms with Crippen LogP contribution in [0.3, 0.4) is 0 Å². The number of carboxylic acid groups (broad SMARTS) is 1. The molecule has 0 radical (unpaired) electrons. The van der Waals surface area contributed by atoms with Crippen LogP contribution in [0.4, 0.5) is 0 Å². The van der Waals surface area contributed by atoms with E-state index in [2.05, 4.69) is 10.3 Å². The topological polar surface area (TPSA) is 157 Å². The minimum absolute atomic E-state index is 0.221. The monoisotopic (exact) mass is 267 g/mol. The molecule has 0 aromatic rings. The Labute approximate surface area is 103 Å². The Morgan fingerprint density at radius 3 is 2.33 bits per heavy atom. The molecule has 0 amide bonds. The highest BCUT2D eigenvalue weighted by molar-refractivity contribution is 5.66. The van der Waals surface area contributed by atoms with Gasteiger partial charge in [0.25, 0.3) is 0 Å². The molecule has 0 saturated heterocycles. The summed E-state index contributed by atoms with van der Waals surface area (Å²) in [5, 5.41) is 44.7. The van der Waals surface area contributed by atoms with Gasteiger partial charge in [-0.3, -0.25) is 4.79 Å². The van der Waals surface area contributed by atoms with E-state index in [0.29, 0.717) is 0 Å². The molecule has 4 atom stereocenters. The lowest BCUT2D eigenvalue weighted by Gasteiger charge is -2.25. The van der Waals surface area contributed by atoms with E-state index in [1.807, 2.05) is 0 Å². The number of hydrogen-bond acceptors (Lipinski definition) is 8. The first-order valence-electron chi connectivity index (χ1n) is 5.13. The molecule has 0 spiro atoms. The van der Waals surface area contributed by atoms with E-state index in [9.17, 15) is 19.8 Å². The molecule has 0 aromatic carbocycles. The first-order chi connectivity index (χ1) is 8.43. The number of carbonyl (C=O) groups excluding carboxylic acids is 1. The van der Waals surface area contributed by atoms with Gasteiger partial charge >= 0.3 is 5.97 Å². The summed E-state index contributed by atoms with van der Waals surface area (Å²) in [5.74, 6) is -1.10. The van der Waals surface area contributed by atoms with Crippen LogP contribution >= 0.6 is 0 Å². The zero-order chi connectivity index (χ0) is 14.1. The number of aliphatic hydroxyl groups excluding tert-OH is 4. The quantitative estimate of drug-likeness (QED) is 0.135. The zero-order valence-corrected chi connectivity index (χ0v) is 9.47. The minimum atomic E-state index is -1.75. The highest BCUT2D eigenvalue weighted by Crippen LogP contribution is 2.03. The van der Waals surface area contributed by atoms with Gasteiger partial charge in [0.2, 0.25) is 0 Å². The van der Waals surface area contributed by atoms with Crippen LogP contribution in [0.2, 0.25) is 0 Å². The van der Waals surface area contributed by atoms with Gasteiger partial charge in [-0.25, -0.2) is 0 Å². The Bertz CT molecular complexity index is 261. The van der Waals surface area contributed by atoms with Crippen molar-refractivity contribution >= 4 is 12.3 Å². The molecule has 0 saturated carbocycles. The molecular weight excluding hydrogens is 250 g/mol. The summed E-state index contributed by atoms with van der Waals surface area (Å²) in [5.41, 5.74) is 2.05. The highest BCUT2D eigenvalue weighted by Gasteiger charge is 2.31. The normalized spacial score (nSPS) is 17.8. The Balaban J connectivity index is 4.14. The van der Waals surface area contributed by atoms with Crippen LogP contribution in [-0.2, 0) is 14.4 Å². The standard InChI is InChI=1S/C9H17NO8/c11-3-5(10-18-2-1-7(14)15)8(16)9(17)6(13)4-12/h3,5-6,8-10,12-13,16-17H,1-2,4H2,(H,14,15)/t5-,6+,8+,9+/m0/s1. The van der Waals surface area contributed by atoms with Crippen molar-refractivity contribution in [3.63, 3.8) is 0 Å². The number of carboxylic acids is 1. The lowest BCUT2D eigenvalue weighted by molar-refractivity contribution is -0.141. The molecule has 0 unspecified atom stereocenters. The maximum atomic E-state index is 10.6. The third kappa shape index (κ3) is 6.00. The van der Waals surface area contributed by atoms with Gasteiger partial charge in [-0.2, -0.15) is 5.48 Å². The van der Waals surface area contributed by atoms with Crippen molar-refractivity contribution in [3.05, 3.63) is 0 Å². The summed E-state index contributed by atoms with van der Waals surface area (Å²) in [4.78, 5) is 25.4. The minimum Gasteiger partial charge on any atom is -0.481 e. The van der Waals surface area contributed by atoms with E-state index < -0.39 is 36.9 Å². The van der Waals surface area contributed by atoms with Crippen molar-refractivity contribution < 1.29 is 40.0 Å². The largest absolute Gasteiger partial charge is 0.481 e. The first-order valence-corrected chi connectivity index (χ1v) is 5.13. The van der Waals surface area contributed by atoms with Crippen molar-refractivity contribution in [2.75, 3.05) is 13.2 Å². The van der Waals surface area contributed by atoms with E-state index in [-0.39, 0.29) is 19.3 Å². The van der Waals surface area contributed by atoms with Gasteiger partial charge in [-0.1, -0.05) is 0 Å². The van der Waals surface area contributed by atoms with Crippen LogP contribution in [0.1, 0.15) is 6.42 Å². The van der Waals surface area contributed by atoms with E-state index in [1.54, 1.807) is 0 Å². The smallest absolute Gasteiger partial charge is 0.305 e.